The van der Waals surface area contributed by atoms with E-state index in [4.69, 9.17) is 9.47 Å². The minimum Gasteiger partial charge on any atom is -0.464 e. The van der Waals surface area contributed by atoms with Crippen molar-refractivity contribution in [1.29, 1.82) is 0 Å². The van der Waals surface area contributed by atoms with Gasteiger partial charge in [-0.1, -0.05) is 48.5 Å². The molecule has 0 spiro atoms. The lowest BCUT2D eigenvalue weighted by atomic mass is 10.1. The van der Waals surface area contributed by atoms with E-state index in [9.17, 15) is 9.59 Å². The predicted octanol–water partition coefficient (Wildman–Crippen LogP) is 5.06. The van der Waals surface area contributed by atoms with Crippen molar-refractivity contribution in [3.8, 4) is 0 Å². The Bertz CT molecular complexity index is 1480. The molecule has 3 aromatic heterocycles. The number of rotatable bonds is 5. The molecule has 3 heterocycles. The molecule has 6 heteroatoms. The Balaban J connectivity index is 1.89. The summed E-state index contributed by atoms with van der Waals surface area (Å²) in [7, 11) is 1.35. The normalized spacial score (nSPS) is 11.3. The maximum absolute atomic E-state index is 12.6. The van der Waals surface area contributed by atoms with Crippen LogP contribution < -0.4 is 0 Å². The van der Waals surface area contributed by atoms with Crippen LogP contribution in [0.15, 0.2) is 72.9 Å². The average molecular weight is 426 g/mol. The SMILES string of the molecule is CCOC(=O)c1cc2c3c(cc(C(=O)OC)n2c1)c1ccccc1n3Cc1ccccc1. The van der Waals surface area contributed by atoms with Crippen LogP contribution in [0.5, 0.6) is 0 Å². The third kappa shape index (κ3) is 3.12. The Morgan fingerprint density at radius 1 is 0.875 bits per heavy atom. The standard InChI is InChI=1S/C26H22N2O4/c1-3-32-25(29)18-13-22-24-20(14-23(26(30)31-2)27(22)16-18)19-11-7-8-12-21(19)28(24)15-17-9-5-4-6-10-17/h4-14,16H,3,15H2,1-2H3. The van der Waals surface area contributed by atoms with Crippen LogP contribution in [0.1, 0.15) is 33.3 Å². The smallest absolute Gasteiger partial charge is 0.355 e. The van der Waals surface area contributed by atoms with Crippen molar-refractivity contribution in [3.05, 3.63) is 89.7 Å². The number of carbonyl (C=O) groups is 2. The number of aromatic nitrogens is 2. The first kappa shape index (κ1) is 19.9. The molecule has 2 aromatic carbocycles. The molecule has 0 aliphatic heterocycles. The molecule has 0 aliphatic rings. The molecule has 0 unspecified atom stereocenters. The molecule has 0 atom stereocenters. The van der Waals surface area contributed by atoms with Crippen LogP contribution in [0.4, 0.5) is 0 Å². The van der Waals surface area contributed by atoms with Gasteiger partial charge in [0.2, 0.25) is 0 Å². The first-order valence-electron chi connectivity index (χ1n) is 10.5. The molecule has 0 amide bonds. The van der Waals surface area contributed by atoms with E-state index >= 15 is 0 Å². The fourth-order valence-electron chi connectivity index (χ4n) is 4.32. The van der Waals surface area contributed by atoms with E-state index in [1.807, 2.05) is 42.5 Å². The van der Waals surface area contributed by atoms with Crippen molar-refractivity contribution in [1.82, 2.24) is 8.97 Å². The number of nitrogens with zero attached hydrogens (tertiary/aromatic N) is 2. The van der Waals surface area contributed by atoms with Gasteiger partial charge in [-0.05, 0) is 30.7 Å². The minimum absolute atomic E-state index is 0.276. The van der Waals surface area contributed by atoms with Gasteiger partial charge < -0.3 is 18.4 Å². The van der Waals surface area contributed by atoms with E-state index in [1.165, 1.54) is 7.11 Å². The van der Waals surface area contributed by atoms with Crippen LogP contribution in [0, 0.1) is 0 Å². The summed E-state index contributed by atoms with van der Waals surface area (Å²) in [6, 6.07) is 21.9. The summed E-state index contributed by atoms with van der Waals surface area (Å²) >= 11 is 0. The van der Waals surface area contributed by atoms with Crippen LogP contribution in [-0.2, 0) is 16.0 Å². The van der Waals surface area contributed by atoms with Crippen molar-refractivity contribution in [3.63, 3.8) is 0 Å². The number of methoxy groups -OCH3 is 1. The van der Waals surface area contributed by atoms with Gasteiger partial charge >= 0.3 is 11.9 Å². The predicted molar refractivity (Wildman–Crippen MR) is 123 cm³/mol. The third-order valence-electron chi connectivity index (χ3n) is 5.70. The number of fused-ring (bicyclic) bond motifs is 5. The number of benzene rings is 2. The largest absolute Gasteiger partial charge is 0.464 e. The zero-order valence-electron chi connectivity index (χ0n) is 17.9. The minimum atomic E-state index is -0.470. The van der Waals surface area contributed by atoms with Crippen molar-refractivity contribution >= 4 is 39.3 Å². The van der Waals surface area contributed by atoms with Crippen molar-refractivity contribution in [2.24, 2.45) is 0 Å². The quantitative estimate of drug-likeness (QED) is 0.369. The topological polar surface area (TPSA) is 61.9 Å². The number of ether oxygens (including phenoxy) is 2. The number of carbonyl (C=O) groups excluding carboxylic acids is 2. The van der Waals surface area contributed by atoms with E-state index in [-0.39, 0.29) is 6.61 Å². The van der Waals surface area contributed by atoms with E-state index in [0.717, 1.165) is 32.9 Å². The lowest BCUT2D eigenvalue weighted by Crippen LogP contribution is -2.09. The Kier molecular flexibility index (Phi) is 4.90. The van der Waals surface area contributed by atoms with Gasteiger partial charge in [0.1, 0.15) is 5.69 Å². The van der Waals surface area contributed by atoms with Gasteiger partial charge in [0.05, 0.1) is 30.3 Å². The molecule has 0 radical (unpaired) electrons. The second kappa shape index (κ2) is 7.89. The van der Waals surface area contributed by atoms with Crippen LogP contribution in [0.2, 0.25) is 0 Å². The lowest BCUT2D eigenvalue weighted by molar-refractivity contribution is 0.0524. The first-order chi connectivity index (χ1) is 15.6. The molecule has 5 rings (SSSR count). The average Bonchev–Trinajstić information content (AvgIpc) is 3.39. The van der Waals surface area contributed by atoms with Crippen LogP contribution in [-0.4, -0.2) is 34.6 Å². The molecular weight excluding hydrogens is 404 g/mol. The van der Waals surface area contributed by atoms with Crippen LogP contribution >= 0.6 is 0 Å². The molecular formula is C26H22N2O4. The Hall–Kier alpha value is -4.06. The van der Waals surface area contributed by atoms with Crippen molar-refractivity contribution in [2.45, 2.75) is 13.5 Å². The van der Waals surface area contributed by atoms with Gasteiger partial charge in [0, 0.05) is 29.0 Å². The summed E-state index contributed by atoms with van der Waals surface area (Å²) in [6.45, 7) is 2.69. The summed E-state index contributed by atoms with van der Waals surface area (Å²) in [5.41, 5.74) is 4.64. The number of hydrogen-bond donors (Lipinski definition) is 0. The number of hydrogen-bond acceptors (Lipinski definition) is 4. The zero-order chi connectivity index (χ0) is 22.2. The fraction of sp³-hybridized carbons (Fsp3) is 0.154. The zero-order valence-corrected chi connectivity index (χ0v) is 17.9. The fourth-order valence-corrected chi connectivity index (χ4v) is 4.32. The summed E-state index contributed by atoms with van der Waals surface area (Å²) in [4.78, 5) is 25.1. The number of para-hydroxylation sites is 1. The molecule has 0 N–H and O–H groups in total. The molecule has 0 saturated carbocycles. The molecule has 160 valence electrons. The van der Waals surface area contributed by atoms with Gasteiger partial charge in [0.15, 0.2) is 0 Å². The van der Waals surface area contributed by atoms with E-state index in [0.29, 0.717) is 17.8 Å². The van der Waals surface area contributed by atoms with E-state index in [2.05, 4.69) is 22.8 Å². The summed E-state index contributed by atoms with van der Waals surface area (Å²) in [5, 5.41) is 1.96. The molecule has 32 heavy (non-hydrogen) atoms. The highest BCUT2D eigenvalue weighted by molar-refractivity contribution is 6.15. The Labute approximate surface area is 184 Å². The highest BCUT2D eigenvalue weighted by Crippen LogP contribution is 2.34. The number of esters is 2. The van der Waals surface area contributed by atoms with E-state index in [1.54, 1.807) is 23.6 Å². The first-order valence-corrected chi connectivity index (χ1v) is 10.5. The van der Waals surface area contributed by atoms with Gasteiger partial charge in [-0.3, -0.25) is 0 Å². The summed E-state index contributed by atoms with van der Waals surface area (Å²) in [6.07, 6.45) is 1.64. The highest BCUT2D eigenvalue weighted by atomic mass is 16.5. The summed E-state index contributed by atoms with van der Waals surface area (Å²) in [5.74, 6) is -0.895. The Morgan fingerprint density at radius 3 is 2.38 bits per heavy atom. The van der Waals surface area contributed by atoms with Gasteiger partial charge in [-0.15, -0.1) is 0 Å². The maximum atomic E-state index is 12.6. The van der Waals surface area contributed by atoms with Crippen LogP contribution in [0.3, 0.4) is 0 Å². The summed E-state index contributed by atoms with van der Waals surface area (Å²) < 4.78 is 14.2. The highest BCUT2D eigenvalue weighted by Gasteiger charge is 2.22. The second-order valence-corrected chi connectivity index (χ2v) is 7.58. The molecule has 0 aliphatic carbocycles. The van der Waals surface area contributed by atoms with Gasteiger partial charge in [-0.2, -0.15) is 0 Å². The Morgan fingerprint density at radius 2 is 1.62 bits per heavy atom. The maximum Gasteiger partial charge on any atom is 0.355 e. The van der Waals surface area contributed by atoms with Crippen molar-refractivity contribution < 1.29 is 19.1 Å². The number of pyridine rings is 1. The molecule has 0 fully saturated rings. The third-order valence-corrected chi connectivity index (χ3v) is 5.70. The van der Waals surface area contributed by atoms with Gasteiger partial charge in [-0.25, -0.2) is 9.59 Å². The van der Waals surface area contributed by atoms with Crippen molar-refractivity contribution in [2.75, 3.05) is 13.7 Å². The molecule has 6 nitrogen and oxygen atoms in total. The molecule has 0 bridgehead atoms. The molecule has 0 saturated heterocycles. The van der Waals surface area contributed by atoms with E-state index < -0.39 is 11.9 Å². The molecule has 5 aromatic rings. The van der Waals surface area contributed by atoms with Gasteiger partial charge in [0.25, 0.3) is 0 Å². The lowest BCUT2D eigenvalue weighted by Gasteiger charge is -2.11. The second-order valence-electron chi connectivity index (χ2n) is 7.58. The van der Waals surface area contributed by atoms with Crippen LogP contribution in [0.25, 0.3) is 27.3 Å². The monoisotopic (exact) mass is 426 g/mol.